The second-order valence-corrected chi connectivity index (χ2v) is 8.13. The molecule has 3 heterocycles. The van der Waals surface area contributed by atoms with E-state index < -0.39 is 0 Å². The summed E-state index contributed by atoms with van der Waals surface area (Å²) in [4.78, 5) is 2.43. The minimum absolute atomic E-state index is 0.148. The molecule has 0 radical (unpaired) electrons. The minimum atomic E-state index is -0.148. The van der Waals surface area contributed by atoms with Gasteiger partial charge in [-0.25, -0.2) is 4.39 Å². The van der Waals surface area contributed by atoms with Crippen molar-refractivity contribution in [2.45, 2.75) is 45.2 Å². The molecule has 0 N–H and O–H groups in total. The molecule has 0 spiro atoms. The second kappa shape index (κ2) is 5.95. The third-order valence-corrected chi connectivity index (χ3v) is 6.27. The number of likely N-dealkylation sites (N-methyl/N-ethyl adjacent to an activating group) is 1. The van der Waals surface area contributed by atoms with Gasteiger partial charge in [0.15, 0.2) is 0 Å². The molecule has 2 aromatic carbocycles. The molecule has 3 aromatic rings. The standard InChI is InChI=1S/C23H25FN2/c1-15-11-18-13-17(16-3-5-19(24)6-4-16)7-10-26-22-8-9-25(2)14-21(22)20(12-15)23(18)26/h3-6,11-12,17H,7-10,13-14H2,1-2H3. The lowest BCUT2D eigenvalue weighted by Gasteiger charge is -2.24. The van der Waals surface area contributed by atoms with Crippen LogP contribution < -0.4 is 0 Å². The zero-order chi connectivity index (χ0) is 17.8. The van der Waals surface area contributed by atoms with E-state index in [0.717, 1.165) is 38.9 Å². The van der Waals surface area contributed by atoms with E-state index in [1.807, 2.05) is 12.1 Å². The van der Waals surface area contributed by atoms with Gasteiger partial charge < -0.3 is 9.47 Å². The molecular formula is C23H25FN2. The Morgan fingerprint density at radius 2 is 1.88 bits per heavy atom. The fourth-order valence-corrected chi connectivity index (χ4v) is 5.04. The first kappa shape index (κ1) is 16.1. The highest BCUT2D eigenvalue weighted by molar-refractivity contribution is 5.89. The van der Waals surface area contributed by atoms with Crippen LogP contribution in [0.4, 0.5) is 4.39 Å². The molecule has 1 atom stereocenters. The van der Waals surface area contributed by atoms with Crippen LogP contribution in [0.1, 0.15) is 40.3 Å². The van der Waals surface area contributed by atoms with Gasteiger partial charge in [-0.1, -0.05) is 23.8 Å². The summed E-state index contributed by atoms with van der Waals surface area (Å²) < 4.78 is 16.0. The van der Waals surface area contributed by atoms with Crippen LogP contribution in [0.2, 0.25) is 0 Å². The van der Waals surface area contributed by atoms with Gasteiger partial charge in [0.05, 0.1) is 5.52 Å². The summed E-state index contributed by atoms with van der Waals surface area (Å²) in [7, 11) is 2.22. The van der Waals surface area contributed by atoms with Gasteiger partial charge in [0.25, 0.3) is 0 Å². The lowest BCUT2D eigenvalue weighted by atomic mass is 9.88. The van der Waals surface area contributed by atoms with E-state index in [4.69, 9.17) is 0 Å². The van der Waals surface area contributed by atoms with Gasteiger partial charge in [0, 0.05) is 37.1 Å². The summed E-state index contributed by atoms with van der Waals surface area (Å²) in [5.41, 5.74) is 8.62. The van der Waals surface area contributed by atoms with Crippen LogP contribution in [0.3, 0.4) is 0 Å². The van der Waals surface area contributed by atoms with Crippen LogP contribution in [0.5, 0.6) is 0 Å². The fourth-order valence-electron chi connectivity index (χ4n) is 5.04. The summed E-state index contributed by atoms with van der Waals surface area (Å²) >= 11 is 0. The number of aromatic nitrogens is 1. The van der Waals surface area contributed by atoms with Crippen molar-refractivity contribution >= 4 is 10.9 Å². The van der Waals surface area contributed by atoms with Crippen molar-refractivity contribution in [3.63, 3.8) is 0 Å². The van der Waals surface area contributed by atoms with Crippen LogP contribution >= 0.6 is 0 Å². The van der Waals surface area contributed by atoms with Gasteiger partial charge in [0.1, 0.15) is 5.82 Å². The molecule has 0 aliphatic carbocycles. The van der Waals surface area contributed by atoms with Crippen LogP contribution in [0.15, 0.2) is 36.4 Å². The van der Waals surface area contributed by atoms with Gasteiger partial charge in [0.2, 0.25) is 0 Å². The average molecular weight is 348 g/mol. The number of benzene rings is 2. The summed E-state index contributed by atoms with van der Waals surface area (Å²) in [6.45, 7) is 5.47. The summed E-state index contributed by atoms with van der Waals surface area (Å²) in [6.07, 6.45) is 3.30. The van der Waals surface area contributed by atoms with Gasteiger partial charge in [-0.05, 0) is 67.6 Å². The molecule has 0 amide bonds. The lowest BCUT2D eigenvalue weighted by molar-refractivity contribution is 0.309. The Bertz CT molecular complexity index is 984. The predicted octanol–water partition coefficient (Wildman–Crippen LogP) is 4.81. The van der Waals surface area contributed by atoms with E-state index in [-0.39, 0.29) is 5.82 Å². The molecule has 1 unspecified atom stereocenters. The van der Waals surface area contributed by atoms with Crippen molar-refractivity contribution in [1.29, 1.82) is 0 Å². The van der Waals surface area contributed by atoms with E-state index >= 15 is 0 Å². The first-order valence-corrected chi connectivity index (χ1v) is 9.67. The molecule has 2 nitrogen and oxygen atoms in total. The highest BCUT2D eigenvalue weighted by atomic mass is 19.1. The number of fused-ring (bicyclic) bond motifs is 3. The smallest absolute Gasteiger partial charge is 0.123 e. The lowest BCUT2D eigenvalue weighted by Crippen LogP contribution is -2.27. The summed E-state index contributed by atoms with van der Waals surface area (Å²) in [6, 6.07) is 11.9. The van der Waals surface area contributed by atoms with Gasteiger partial charge in [-0.3, -0.25) is 0 Å². The van der Waals surface area contributed by atoms with Crippen molar-refractivity contribution in [1.82, 2.24) is 9.47 Å². The van der Waals surface area contributed by atoms with Gasteiger partial charge in [-0.15, -0.1) is 0 Å². The van der Waals surface area contributed by atoms with Crippen molar-refractivity contribution < 1.29 is 4.39 Å². The molecule has 1 aromatic heterocycles. The molecule has 0 saturated carbocycles. The maximum atomic E-state index is 13.3. The monoisotopic (exact) mass is 348 g/mol. The molecule has 134 valence electrons. The first-order valence-electron chi connectivity index (χ1n) is 9.67. The quantitative estimate of drug-likeness (QED) is 0.613. The highest BCUT2D eigenvalue weighted by Gasteiger charge is 2.27. The zero-order valence-electron chi connectivity index (χ0n) is 15.6. The topological polar surface area (TPSA) is 8.17 Å². The number of aryl methyl sites for hydroxylation is 2. The van der Waals surface area contributed by atoms with E-state index in [9.17, 15) is 4.39 Å². The van der Waals surface area contributed by atoms with Crippen molar-refractivity contribution in [3.05, 3.63) is 70.2 Å². The predicted molar refractivity (Wildman–Crippen MR) is 104 cm³/mol. The number of hydrogen-bond donors (Lipinski definition) is 0. The van der Waals surface area contributed by atoms with E-state index in [1.54, 1.807) is 23.4 Å². The van der Waals surface area contributed by atoms with E-state index in [0.29, 0.717) is 5.92 Å². The maximum Gasteiger partial charge on any atom is 0.123 e. The average Bonchev–Trinajstić information content (AvgIpc) is 2.79. The summed E-state index contributed by atoms with van der Waals surface area (Å²) in [5.74, 6) is 0.312. The molecule has 26 heavy (non-hydrogen) atoms. The zero-order valence-corrected chi connectivity index (χ0v) is 15.6. The largest absolute Gasteiger partial charge is 0.344 e. The Labute approximate surface area is 154 Å². The Hall–Kier alpha value is -2.13. The molecule has 3 heteroatoms. The highest BCUT2D eigenvalue weighted by Crippen LogP contribution is 2.39. The minimum Gasteiger partial charge on any atom is -0.344 e. The van der Waals surface area contributed by atoms with Gasteiger partial charge in [-0.2, -0.15) is 0 Å². The molecule has 2 aliphatic heterocycles. The SMILES string of the molecule is Cc1cc2c3c(c1)c1c(n3CCC(c3ccc(F)cc3)C2)CCN(C)C1. The number of halogens is 1. The number of rotatable bonds is 1. The molecular weight excluding hydrogens is 323 g/mol. The van der Waals surface area contributed by atoms with Crippen LogP contribution in [-0.2, 0) is 25.9 Å². The van der Waals surface area contributed by atoms with Crippen molar-refractivity contribution in [2.75, 3.05) is 13.6 Å². The van der Waals surface area contributed by atoms with Crippen LogP contribution in [0.25, 0.3) is 10.9 Å². The Morgan fingerprint density at radius 1 is 1.08 bits per heavy atom. The third-order valence-electron chi connectivity index (χ3n) is 6.27. The number of nitrogens with zero attached hydrogens (tertiary/aromatic N) is 2. The Morgan fingerprint density at radius 3 is 2.69 bits per heavy atom. The van der Waals surface area contributed by atoms with E-state index in [2.05, 4.69) is 35.6 Å². The molecule has 2 aliphatic rings. The van der Waals surface area contributed by atoms with Gasteiger partial charge >= 0.3 is 0 Å². The fraction of sp³-hybridized carbons (Fsp3) is 0.391. The third kappa shape index (κ3) is 2.49. The first-order chi connectivity index (χ1) is 12.6. The Balaban J connectivity index is 1.65. The molecule has 0 fully saturated rings. The van der Waals surface area contributed by atoms with Crippen molar-refractivity contribution in [3.8, 4) is 0 Å². The van der Waals surface area contributed by atoms with Crippen LogP contribution in [-0.4, -0.2) is 23.1 Å². The molecule has 0 saturated heterocycles. The molecule has 5 rings (SSSR count). The summed E-state index contributed by atoms with van der Waals surface area (Å²) in [5, 5.41) is 1.46. The Kier molecular flexibility index (Phi) is 3.68. The second-order valence-electron chi connectivity index (χ2n) is 8.13. The van der Waals surface area contributed by atoms with E-state index in [1.165, 1.54) is 27.6 Å². The number of hydrogen-bond acceptors (Lipinski definition) is 1. The van der Waals surface area contributed by atoms with Crippen molar-refractivity contribution in [2.24, 2.45) is 0 Å². The normalized spacial score (nSPS) is 20.2. The molecule has 0 bridgehead atoms. The maximum absolute atomic E-state index is 13.3. The van der Waals surface area contributed by atoms with Crippen LogP contribution in [0, 0.1) is 12.7 Å².